The molecule has 122 valence electrons. The maximum absolute atomic E-state index is 8.59. The molecule has 0 N–H and O–H groups in total. The minimum Gasteiger partial charge on any atom is -0.458 e. The van der Waals surface area contributed by atoms with Crippen molar-refractivity contribution in [2.75, 3.05) is 0 Å². The van der Waals surface area contributed by atoms with Crippen LogP contribution in [0.2, 0.25) is 0 Å². The standard InChI is InChI=1S/C22H19BO2/c1-22(2,3)14-11-12-18-16(13-14)23-15-7-4-5-8-17(15)24-19-9-6-10-20(25-18)21(19)23/h4-13H,1-3H3/i4D,5D,7D,8D. The van der Waals surface area contributed by atoms with Gasteiger partial charge in [-0.25, -0.2) is 0 Å². The van der Waals surface area contributed by atoms with E-state index >= 15 is 0 Å². The van der Waals surface area contributed by atoms with Crippen LogP contribution >= 0.6 is 0 Å². The highest BCUT2D eigenvalue weighted by atomic mass is 16.5. The van der Waals surface area contributed by atoms with E-state index in [-0.39, 0.29) is 42.0 Å². The number of hydrogen-bond donors (Lipinski definition) is 0. The van der Waals surface area contributed by atoms with E-state index in [4.69, 9.17) is 15.0 Å². The Hall–Kier alpha value is -2.68. The minimum atomic E-state index is -0.378. The van der Waals surface area contributed by atoms with E-state index in [9.17, 15) is 0 Å². The largest absolute Gasteiger partial charge is 0.458 e. The highest BCUT2D eigenvalue weighted by Crippen LogP contribution is 2.35. The first-order chi connectivity index (χ1) is 13.7. The van der Waals surface area contributed by atoms with Crippen LogP contribution in [-0.4, -0.2) is 6.71 Å². The Morgan fingerprint density at radius 3 is 2.32 bits per heavy atom. The Morgan fingerprint density at radius 2 is 1.56 bits per heavy atom. The zero-order chi connectivity index (χ0) is 20.7. The second-order valence-electron chi connectivity index (χ2n) is 7.55. The SMILES string of the molecule is [2H]c1c([2H])c([2H])c2c(c1[2H])Oc1cccc3c1B2c1cc(C(C)(C)C)ccc1O3. The van der Waals surface area contributed by atoms with Gasteiger partial charge in [-0.1, -0.05) is 57.1 Å². The molecular formula is C22H19BO2. The van der Waals surface area contributed by atoms with Crippen molar-refractivity contribution < 1.29 is 15.0 Å². The monoisotopic (exact) mass is 330 g/mol. The van der Waals surface area contributed by atoms with E-state index in [0.29, 0.717) is 22.7 Å². The Morgan fingerprint density at radius 1 is 0.840 bits per heavy atom. The third-order valence-corrected chi connectivity index (χ3v) is 4.90. The lowest BCUT2D eigenvalue weighted by atomic mass is 9.34. The van der Waals surface area contributed by atoms with Gasteiger partial charge in [0.2, 0.25) is 0 Å². The molecule has 0 spiro atoms. The van der Waals surface area contributed by atoms with E-state index in [0.717, 1.165) is 16.5 Å². The molecule has 0 saturated carbocycles. The van der Waals surface area contributed by atoms with Gasteiger partial charge in [0.15, 0.2) is 0 Å². The predicted octanol–water partition coefficient (Wildman–Crippen LogP) is 3.71. The highest BCUT2D eigenvalue weighted by molar-refractivity contribution is 6.98. The van der Waals surface area contributed by atoms with Crippen molar-refractivity contribution in [3.05, 3.63) is 66.1 Å². The molecule has 0 aliphatic carbocycles. The van der Waals surface area contributed by atoms with Gasteiger partial charge in [-0.3, -0.25) is 0 Å². The smallest absolute Gasteiger partial charge is 0.260 e. The van der Waals surface area contributed by atoms with E-state index in [1.807, 2.05) is 30.3 Å². The highest BCUT2D eigenvalue weighted by Gasteiger charge is 2.40. The topological polar surface area (TPSA) is 18.5 Å². The lowest BCUT2D eigenvalue weighted by Gasteiger charge is -2.33. The summed E-state index contributed by atoms with van der Waals surface area (Å²) in [5, 5.41) is 0. The predicted molar refractivity (Wildman–Crippen MR) is 103 cm³/mol. The zero-order valence-corrected chi connectivity index (χ0v) is 14.4. The molecule has 0 amide bonds. The number of para-hydroxylation sites is 1. The summed E-state index contributed by atoms with van der Waals surface area (Å²) in [6.45, 7) is 6.04. The first-order valence-corrected chi connectivity index (χ1v) is 8.41. The first-order valence-electron chi connectivity index (χ1n) is 10.4. The Labute approximate surface area is 154 Å². The second kappa shape index (κ2) is 4.92. The Balaban J connectivity index is 1.88. The molecule has 2 heterocycles. The second-order valence-corrected chi connectivity index (χ2v) is 7.55. The van der Waals surface area contributed by atoms with Gasteiger partial charge in [0, 0.05) is 5.46 Å². The molecule has 2 aliphatic rings. The van der Waals surface area contributed by atoms with Crippen LogP contribution in [0.15, 0.2) is 60.6 Å². The third-order valence-electron chi connectivity index (χ3n) is 4.90. The number of ether oxygens (including phenoxy) is 2. The molecule has 0 unspecified atom stereocenters. The van der Waals surface area contributed by atoms with Crippen molar-refractivity contribution in [3.8, 4) is 23.0 Å². The average Bonchev–Trinajstić information content (AvgIpc) is 2.69. The van der Waals surface area contributed by atoms with Crippen molar-refractivity contribution in [1.82, 2.24) is 0 Å². The van der Waals surface area contributed by atoms with Crippen LogP contribution in [0.25, 0.3) is 0 Å². The molecule has 2 aliphatic heterocycles. The summed E-state index contributed by atoms with van der Waals surface area (Å²) in [6, 6.07) is 10.8. The molecule has 0 radical (unpaired) electrons. The van der Waals surface area contributed by atoms with Crippen molar-refractivity contribution >= 4 is 23.1 Å². The number of benzene rings is 3. The van der Waals surface area contributed by atoms with E-state index < -0.39 is 0 Å². The quantitative estimate of drug-likeness (QED) is 0.403. The Kier molecular flexibility index (Phi) is 2.17. The van der Waals surface area contributed by atoms with Gasteiger partial charge in [0.25, 0.3) is 6.71 Å². The van der Waals surface area contributed by atoms with E-state index in [1.165, 1.54) is 0 Å². The minimum absolute atomic E-state index is 0.0690. The van der Waals surface area contributed by atoms with Crippen molar-refractivity contribution in [3.63, 3.8) is 0 Å². The molecule has 3 aromatic carbocycles. The molecule has 3 heteroatoms. The maximum Gasteiger partial charge on any atom is 0.260 e. The van der Waals surface area contributed by atoms with Gasteiger partial charge in [-0.15, -0.1) is 0 Å². The lowest BCUT2D eigenvalue weighted by molar-refractivity contribution is 0.464. The molecule has 0 bridgehead atoms. The van der Waals surface area contributed by atoms with Crippen LogP contribution in [0.3, 0.4) is 0 Å². The number of fused-ring (bicyclic) bond motifs is 4. The average molecular weight is 330 g/mol. The normalized spacial score (nSPS) is 16.2. The summed E-state index contributed by atoms with van der Waals surface area (Å²) < 4.78 is 45.3. The van der Waals surface area contributed by atoms with E-state index in [2.05, 4.69) is 26.8 Å². The van der Waals surface area contributed by atoms with E-state index in [1.54, 1.807) is 0 Å². The van der Waals surface area contributed by atoms with Crippen molar-refractivity contribution in [1.29, 1.82) is 0 Å². The summed E-state index contributed by atoms with van der Waals surface area (Å²) in [4.78, 5) is 0. The fourth-order valence-electron chi connectivity index (χ4n) is 3.60. The molecule has 0 aromatic heterocycles. The van der Waals surface area contributed by atoms with Crippen LogP contribution < -0.4 is 25.9 Å². The van der Waals surface area contributed by atoms with Crippen LogP contribution in [-0.2, 0) is 5.41 Å². The zero-order valence-electron chi connectivity index (χ0n) is 18.4. The fourth-order valence-corrected chi connectivity index (χ4v) is 3.60. The number of rotatable bonds is 0. The first kappa shape index (κ1) is 11.0. The lowest BCUT2D eigenvalue weighted by Crippen LogP contribution is -2.57. The maximum atomic E-state index is 8.59. The molecule has 5 rings (SSSR count). The summed E-state index contributed by atoms with van der Waals surface area (Å²) in [5.74, 6) is 2.12. The summed E-state index contributed by atoms with van der Waals surface area (Å²) in [6.07, 6.45) is 0. The molecule has 0 saturated heterocycles. The molecule has 0 atom stereocenters. The summed E-state index contributed by atoms with van der Waals surface area (Å²) in [5.41, 5.74) is 3.23. The third kappa shape index (κ3) is 2.12. The summed E-state index contributed by atoms with van der Waals surface area (Å²) >= 11 is 0. The van der Waals surface area contributed by atoms with Crippen LogP contribution in [0.4, 0.5) is 0 Å². The van der Waals surface area contributed by atoms with Crippen LogP contribution in [0, 0.1) is 0 Å². The molecular weight excluding hydrogens is 307 g/mol. The van der Waals surface area contributed by atoms with Gasteiger partial charge in [0.1, 0.15) is 23.0 Å². The van der Waals surface area contributed by atoms with Gasteiger partial charge in [0.05, 0.1) is 5.48 Å². The molecule has 0 fully saturated rings. The van der Waals surface area contributed by atoms with Crippen LogP contribution in [0.5, 0.6) is 23.0 Å². The van der Waals surface area contributed by atoms with Gasteiger partial charge in [-0.05, 0) is 46.1 Å². The van der Waals surface area contributed by atoms with Gasteiger partial charge in [-0.2, -0.15) is 0 Å². The van der Waals surface area contributed by atoms with Crippen molar-refractivity contribution in [2.24, 2.45) is 0 Å². The van der Waals surface area contributed by atoms with Gasteiger partial charge >= 0.3 is 0 Å². The summed E-state index contributed by atoms with van der Waals surface area (Å²) in [7, 11) is 0. The van der Waals surface area contributed by atoms with Crippen molar-refractivity contribution in [2.45, 2.75) is 26.2 Å². The number of hydrogen-bond acceptors (Lipinski definition) is 2. The van der Waals surface area contributed by atoms with Gasteiger partial charge < -0.3 is 9.47 Å². The molecule has 2 nitrogen and oxygen atoms in total. The Bertz CT molecular complexity index is 1200. The fraction of sp³-hybridized carbons (Fsp3) is 0.182. The van der Waals surface area contributed by atoms with Crippen LogP contribution in [0.1, 0.15) is 31.8 Å². The molecule has 25 heavy (non-hydrogen) atoms. The molecule has 3 aromatic rings.